The molecule has 0 saturated carbocycles. The minimum absolute atomic E-state index is 0.252. The van der Waals surface area contributed by atoms with E-state index in [1.165, 1.54) is 4.31 Å². The van der Waals surface area contributed by atoms with Crippen LogP contribution in [-0.4, -0.2) is 20.4 Å². The van der Waals surface area contributed by atoms with Gasteiger partial charge in [-0.15, -0.1) is 0 Å². The Morgan fingerprint density at radius 3 is 2.30 bits per heavy atom. The maximum absolute atomic E-state index is 13.1. The number of rotatable bonds is 3. The highest BCUT2D eigenvalue weighted by Gasteiger charge is 2.40. The molecular weight excluding hydrogens is 360 g/mol. The third kappa shape index (κ3) is 2.77. The predicted molar refractivity (Wildman–Crippen MR) is 108 cm³/mol. The average molecular weight is 380 g/mol. The van der Waals surface area contributed by atoms with Crippen LogP contribution < -0.4 is 9.62 Å². The summed E-state index contributed by atoms with van der Waals surface area (Å²) < 4.78 is 27.5. The number of carbonyl (C=O) groups excluding carboxylic acids is 1. The molecule has 138 valence electrons. The van der Waals surface area contributed by atoms with Crippen LogP contribution in [0.15, 0.2) is 59.5 Å². The molecule has 1 atom stereocenters. The second kappa shape index (κ2) is 6.09. The number of nitrogens with one attached hydrogen (secondary N) is 1. The first kappa shape index (κ1) is 17.5. The summed E-state index contributed by atoms with van der Waals surface area (Å²) in [7, 11) is -3.78. The van der Waals surface area contributed by atoms with Crippen LogP contribution in [0.5, 0.6) is 0 Å². The maximum Gasteiger partial charge on any atom is 0.265 e. The monoisotopic (exact) mass is 380 g/mol. The highest BCUT2D eigenvalue weighted by molar-refractivity contribution is 7.93. The number of benzene rings is 3. The van der Waals surface area contributed by atoms with Gasteiger partial charge in [0.05, 0.1) is 10.6 Å². The lowest BCUT2D eigenvalue weighted by Gasteiger charge is -2.25. The molecule has 1 heterocycles. The minimum atomic E-state index is -3.78. The molecule has 6 heteroatoms. The molecule has 0 fully saturated rings. The summed E-state index contributed by atoms with van der Waals surface area (Å²) in [4.78, 5) is 13.1. The van der Waals surface area contributed by atoms with Crippen LogP contribution in [0.1, 0.15) is 18.1 Å². The summed E-state index contributed by atoms with van der Waals surface area (Å²) in [5.74, 6) is -0.367. The van der Waals surface area contributed by atoms with E-state index in [2.05, 4.69) is 5.32 Å². The van der Waals surface area contributed by atoms with E-state index in [9.17, 15) is 13.2 Å². The summed E-state index contributed by atoms with van der Waals surface area (Å²) in [5.41, 5.74) is 3.27. The van der Waals surface area contributed by atoms with Gasteiger partial charge in [-0.1, -0.05) is 30.3 Å². The molecule has 0 radical (unpaired) electrons. The first-order valence-electron chi connectivity index (χ1n) is 8.74. The number of amides is 1. The number of aryl methyl sites for hydroxylation is 2. The average Bonchev–Trinajstić information content (AvgIpc) is 2.82. The van der Waals surface area contributed by atoms with E-state index >= 15 is 0 Å². The van der Waals surface area contributed by atoms with Gasteiger partial charge in [0, 0.05) is 11.1 Å². The van der Waals surface area contributed by atoms with E-state index in [0.717, 1.165) is 16.5 Å². The van der Waals surface area contributed by atoms with Crippen LogP contribution >= 0.6 is 0 Å². The number of sulfonamides is 1. The van der Waals surface area contributed by atoms with Crippen molar-refractivity contribution in [3.05, 3.63) is 65.7 Å². The highest BCUT2D eigenvalue weighted by Crippen LogP contribution is 2.43. The second-order valence-corrected chi connectivity index (χ2v) is 8.76. The Bertz CT molecular complexity index is 1160. The summed E-state index contributed by atoms with van der Waals surface area (Å²) in [5, 5.41) is 4.37. The molecule has 0 aromatic heterocycles. The van der Waals surface area contributed by atoms with E-state index < -0.39 is 16.1 Å². The third-order valence-electron chi connectivity index (χ3n) is 4.84. The van der Waals surface area contributed by atoms with Gasteiger partial charge in [-0.2, -0.15) is 0 Å². The molecule has 5 nitrogen and oxygen atoms in total. The Kier molecular flexibility index (Phi) is 3.96. The maximum atomic E-state index is 13.1. The van der Waals surface area contributed by atoms with Crippen molar-refractivity contribution in [3.63, 3.8) is 0 Å². The largest absolute Gasteiger partial charge is 0.324 e. The van der Waals surface area contributed by atoms with Crippen LogP contribution in [0.4, 0.5) is 11.4 Å². The van der Waals surface area contributed by atoms with Gasteiger partial charge in [0.1, 0.15) is 6.04 Å². The number of nitrogens with zero attached hydrogens (tertiary/aromatic N) is 1. The van der Waals surface area contributed by atoms with Crippen molar-refractivity contribution in [2.45, 2.75) is 31.7 Å². The number of hydrogen-bond donors (Lipinski definition) is 1. The van der Waals surface area contributed by atoms with Gasteiger partial charge in [-0.3, -0.25) is 9.10 Å². The fourth-order valence-electron chi connectivity index (χ4n) is 3.74. The van der Waals surface area contributed by atoms with Gasteiger partial charge in [-0.25, -0.2) is 8.42 Å². The number of anilines is 2. The molecule has 0 saturated heterocycles. The topological polar surface area (TPSA) is 66.5 Å². The summed E-state index contributed by atoms with van der Waals surface area (Å²) in [6.07, 6.45) is 0. The summed E-state index contributed by atoms with van der Waals surface area (Å²) in [6.45, 7) is 5.52. The van der Waals surface area contributed by atoms with Crippen molar-refractivity contribution in [1.82, 2.24) is 0 Å². The minimum Gasteiger partial charge on any atom is -0.324 e. The van der Waals surface area contributed by atoms with Gasteiger partial charge < -0.3 is 5.32 Å². The lowest BCUT2D eigenvalue weighted by molar-refractivity contribution is -0.116. The van der Waals surface area contributed by atoms with Crippen molar-refractivity contribution in [3.8, 4) is 0 Å². The Morgan fingerprint density at radius 1 is 1.00 bits per heavy atom. The Morgan fingerprint density at radius 2 is 1.63 bits per heavy atom. The molecule has 1 aliphatic heterocycles. The van der Waals surface area contributed by atoms with E-state index in [0.29, 0.717) is 16.8 Å². The molecule has 0 spiro atoms. The zero-order valence-corrected chi connectivity index (χ0v) is 16.2. The van der Waals surface area contributed by atoms with Crippen molar-refractivity contribution in [1.29, 1.82) is 0 Å². The standard InChI is InChI=1S/C21H20N2O3S/c1-13-10-14(2)12-17(11-13)22-21(24)15(3)23-18-8-4-6-16-7-5-9-19(20(16)18)27(23,25)26/h4-12,15H,1-3H3,(H,22,24)/t15-/m1/s1. The molecule has 3 aromatic rings. The normalized spacial score (nSPS) is 15.7. The summed E-state index contributed by atoms with van der Waals surface area (Å²) in [6, 6.07) is 15.5. The SMILES string of the molecule is Cc1cc(C)cc(NC(=O)[C@@H](C)N2c3cccc4cccc(c34)S2(=O)=O)c1. The Labute approximate surface area is 158 Å². The van der Waals surface area contributed by atoms with Crippen LogP contribution in [0.25, 0.3) is 10.8 Å². The van der Waals surface area contributed by atoms with Crippen LogP contribution in [0.2, 0.25) is 0 Å². The van der Waals surface area contributed by atoms with E-state index in [4.69, 9.17) is 0 Å². The number of hydrogen-bond acceptors (Lipinski definition) is 3. The first-order valence-corrected chi connectivity index (χ1v) is 10.2. The fourth-order valence-corrected chi connectivity index (χ4v) is 5.60. The molecule has 1 amide bonds. The Hall–Kier alpha value is -2.86. The molecule has 0 unspecified atom stereocenters. The van der Waals surface area contributed by atoms with Gasteiger partial charge >= 0.3 is 0 Å². The molecule has 1 aliphatic rings. The van der Waals surface area contributed by atoms with Crippen molar-refractivity contribution in [2.75, 3.05) is 9.62 Å². The zero-order chi connectivity index (χ0) is 19.3. The molecule has 27 heavy (non-hydrogen) atoms. The van der Waals surface area contributed by atoms with E-state index in [1.807, 2.05) is 50.2 Å². The first-order chi connectivity index (χ1) is 12.8. The third-order valence-corrected chi connectivity index (χ3v) is 6.77. The molecule has 0 aliphatic carbocycles. The predicted octanol–water partition coefficient (Wildman–Crippen LogP) is 3.99. The van der Waals surface area contributed by atoms with Crippen molar-refractivity contribution < 1.29 is 13.2 Å². The van der Waals surface area contributed by atoms with Gasteiger partial charge in [-0.05, 0) is 61.5 Å². The van der Waals surface area contributed by atoms with Crippen molar-refractivity contribution in [2.24, 2.45) is 0 Å². The lowest BCUT2D eigenvalue weighted by Crippen LogP contribution is -2.44. The lowest BCUT2D eigenvalue weighted by atomic mass is 10.1. The van der Waals surface area contributed by atoms with E-state index in [-0.39, 0.29) is 10.8 Å². The van der Waals surface area contributed by atoms with Gasteiger partial charge in [0.25, 0.3) is 10.0 Å². The van der Waals surface area contributed by atoms with E-state index in [1.54, 1.807) is 25.1 Å². The summed E-state index contributed by atoms with van der Waals surface area (Å²) >= 11 is 0. The quantitative estimate of drug-likeness (QED) is 0.747. The van der Waals surface area contributed by atoms with Gasteiger partial charge in [0.15, 0.2) is 0 Å². The van der Waals surface area contributed by atoms with Crippen LogP contribution in [-0.2, 0) is 14.8 Å². The number of carbonyl (C=O) groups is 1. The van der Waals surface area contributed by atoms with Crippen molar-refractivity contribution >= 4 is 38.1 Å². The van der Waals surface area contributed by atoms with Crippen LogP contribution in [0, 0.1) is 13.8 Å². The molecule has 3 aromatic carbocycles. The molecule has 1 N–H and O–H groups in total. The van der Waals surface area contributed by atoms with Gasteiger partial charge in [0.2, 0.25) is 5.91 Å². The molecule has 0 bridgehead atoms. The molecular formula is C21H20N2O3S. The Balaban J connectivity index is 1.73. The highest BCUT2D eigenvalue weighted by atomic mass is 32.2. The second-order valence-electron chi connectivity index (χ2n) is 6.97. The smallest absolute Gasteiger partial charge is 0.265 e. The molecule has 4 rings (SSSR count). The zero-order valence-electron chi connectivity index (χ0n) is 15.4. The fraction of sp³-hybridized carbons (Fsp3) is 0.190. The van der Waals surface area contributed by atoms with Crippen LogP contribution in [0.3, 0.4) is 0 Å².